The number of carbonyl (C=O) groups is 1. The Morgan fingerprint density at radius 2 is 1.74 bits per heavy atom. The van der Waals surface area contributed by atoms with E-state index in [0.29, 0.717) is 29.6 Å². The molecule has 0 unspecified atom stereocenters. The molecule has 1 rings (SSSR count). The number of thioether (sulfide) groups is 1. The lowest BCUT2D eigenvalue weighted by Crippen LogP contribution is -2.00. The zero-order chi connectivity index (χ0) is 15.1. The first-order chi connectivity index (χ1) is 9.24. The van der Waals surface area contributed by atoms with Crippen molar-refractivity contribution in [3.8, 4) is 0 Å². The van der Waals surface area contributed by atoms with Gasteiger partial charge < -0.3 is 4.74 Å². The number of hydrogen-bond acceptors (Lipinski definition) is 3. The molecule has 0 saturated heterocycles. The van der Waals surface area contributed by atoms with E-state index in [1.807, 2.05) is 20.8 Å². The lowest BCUT2D eigenvalue weighted by Gasteiger charge is -2.01. The lowest BCUT2D eigenvalue weighted by molar-refractivity contribution is 0.108. The summed E-state index contributed by atoms with van der Waals surface area (Å²) in [6.07, 6.45) is 1.47. The second-order valence-corrected chi connectivity index (χ2v) is 4.34. The summed E-state index contributed by atoms with van der Waals surface area (Å²) in [5.74, 6) is 0.690. The maximum Gasteiger partial charge on any atom is 0.219 e. The minimum Gasteiger partial charge on any atom is -0.381 e. The molecule has 1 aromatic carbocycles. The topological polar surface area (TPSA) is 26.3 Å². The van der Waals surface area contributed by atoms with Crippen LogP contribution in [0.3, 0.4) is 0 Å². The molecule has 0 N–H and O–H groups in total. The van der Waals surface area contributed by atoms with Crippen LogP contribution in [0.2, 0.25) is 5.02 Å². The maximum atomic E-state index is 11.6. The summed E-state index contributed by atoms with van der Waals surface area (Å²) in [4.78, 5) is 11.6. The van der Waals surface area contributed by atoms with E-state index < -0.39 is 0 Å². The Hall–Kier alpha value is -0.220. The van der Waals surface area contributed by atoms with Gasteiger partial charge in [-0.3, -0.25) is 4.79 Å². The van der Waals surface area contributed by atoms with Crippen LogP contribution in [0.25, 0.3) is 0 Å². The fourth-order valence-corrected chi connectivity index (χ4v) is 1.82. The molecule has 110 valence electrons. The monoisotopic (exact) mass is 324 g/mol. The van der Waals surface area contributed by atoms with Gasteiger partial charge in [0.25, 0.3) is 0 Å². The Bertz CT molecular complexity index is 316. The Morgan fingerprint density at radius 1 is 1.21 bits per heavy atom. The molecule has 0 spiro atoms. The highest BCUT2D eigenvalue weighted by atomic mass is 35.5. The van der Waals surface area contributed by atoms with Crippen molar-refractivity contribution < 1.29 is 9.53 Å². The third-order valence-electron chi connectivity index (χ3n) is 1.74. The number of alkyl halides is 1. The van der Waals surface area contributed by atoms with Gasteiger partial charge in [0, 0.05) is 29.3 Å². The van der Waals surface area contributed by atoms with Crippen LogP contribution in [0.1, 0.15) is 31.1 Å². The molecule has 0 bridgehead atoms. The number of ether oxygens (including phenoxy) is 1. The predicted molar refractivity (Wildman–Crippen MR) is 87.9 cm³/mol. The van der Waals surface area contributed by atoms with Crippen LogP contribution in [0.15, 0.2) is 24.3 Å². The van der Waals surface area contributed by atoms with Gasteiger partial charge in [-0.2, -0.15) is 0 Å². The van der Waals surface area contributed by atoms with E-state index in [4.69, 9.17) is 16.3 Å². The third kappa shape index (κ3) is 11.3. The van der Waals surface area contributed by atoms with Gasteiger partial charge in [0.05, 0.1) is 6.61 Å². The van der Waals surface area contributed by atoms with E-state index >= 15 is 0 Å². The fraction of sp³-hybridized carbons (Fsp3) is 0.500. The summed E-state index contributed by atoms with van der Waals surface area (Å²) < 4.78 is 5.14. The number of halogens is 2. The highest BCUT2D eigenvalue weighted by Gasteiger charge is 2.05. The van der Waals surface area contributed by atoms with Crippen LogP contribution in [0.5, 0.6) is 0 Å². The van der Waals surface area contributed by atoms with Crippen molar-refractivity contribution in [2.24, 2.45) is 0 Å². The third-order valence-corrected chi connectivity index (χ3v) is 2.87. The van der Waals surface area contributed by atoms with Gasteiger partial charge in [0.1, 0.15) is 0 Å². The van der Waals surface area contributed by atoms with Crippen molar-refractivity contribution in [3.63, 3.8) is 0 Å². The second kappa shape index (κ2) is 15.8. The van der Waals surface area contributed by atoms with Crippen molar-refractivity contribution in [3.05, 3.63) is 34.9 Å². The second-order valence-electron chi connectivity index (χ2n) is 2.84. The van der Waals surface area contributed by atoms with E-state index in [-0.39, 0.29) is 5.12 Å². The number of hydrogen-bond donors (Lipinski definition) is 0. The van der Waals surface area contributed by atoms with Crippen LogP contribution >= 0.6 is 35.0 Å². The largest absolute Gasteiger partial charge is 0.381 e. The molecule has 0 aliphatic heterocycles. The minimum atomic E-state index is 0.0615. The molecule has 1 aromatic rings. The zero-order valence-corrected chi connectivity index (χ0v) is 14.2. The van der Waals surface area contributed by atoms with Crippen molar-refractivity contribution >= 4 is 40.1 Å². The Balaban J connectivity index is 0. The first-order valence-corrected chi connectivity index (χ1v) is 8.24. The highest BCUT2D eigenvalue weighted by molar-refractivity contribution is 8.14. The van der Waals surface area contributed by atoms with Crippen molar-refractivity contribution in [2.45, 2.75) is 20.8 Å². The summed E-state index contributed by atoms with van der Waals surface area (Å²) in [5, 5.41) is 0.706. The maximum absolute atomic E-state index is 11.6. The Labute approximate surface area is 130 Å². The summed E-state index contributed by atoms with van der Waals surface area (Å²) in [7, 11) is 0. The SMILES string of the molecule is CC.CCOCCSC(=O)c1ccc(Cl)cc1.CCl. The fourth-order valence-electron chi connectivity index (χ4n) is 1.01. The summed E-state index contributed by atoms with van der Waals surface area (Å²) in [6, 6.07) is 6.91. The standard InChI is InChI=1S/C11H13ClO2S.C2H6.CH3Cl/c1-2-14-7-8-15-11(13)9-3-5-10(12)6-4-9;2*1-2/h3-6H,2,7-8H2,1H3;1-2H3;1H3. The lowest BCUT2D eigenvalue weighted by atomic mass is 10.2. The minimum absolute atomic E-state index is 0.0615. The molecule has 0 atom stereocenters. The van der Waals surface area contributed by atoms with Gasteiger partial charge in [-0.15, -0.1) is 11.6 Å². The van der Waals surface area contributed by atoms with Crippen molar-refractivity contribution in [1.29, 1.82) is 0 Å². The van der Waals surface area contributed by atoms with E-state index in [1.165, 1.54) is 18.1 Å². The van der Waals surface area contributed by atoms with Crippen LogP contribution in [-0.4, -0.2) is 30.5 Å². The normalized spacial score (nSPS) is 8.74. The molecule has 19 heavy (non-hydrogen) atoms. The van der Waals surface area contributed by atoms with E-state index in [2.05, 4.69) is 11.6 Å². The first-order valence-electron chi connectivity index (χ1n) is 6.12. The van der Waals surface area contributed by atoms with Gasteiger partial charge in [0.15, 0.2) is 0 Å². The van der Waals surface area contributed by atoms with Crippen molar-refractivity contribution in [1.82, 2.24) is 0 Å². The molecule has 0 saturated carbocycles. The molecule has 0 aliphatic carbocycles. The van der Waals surface area contributed by atoms with Crippen LogP contribution in [0, 0.1) is 0 Å². The van der Waals surface area contributed by atoms with Crippen LogP contribution < -0.4 is 0 Å². The molecular weight excluding hydrogens is 303 g/mol. The summed E-state index contributed by atoms with van der Waals surface area (Å²) >= 11 is 11.6. The zero-order valence-electron chi connectivity index (χ0n) is 11.9. The van der Waals surface area contributed by atoms with E-state index in [9.17, 15) is 4.79 Å². The van der Waals surface area contributed by atoms with Crippen molar-refractivity contribution in [2.75, 3.05) is 25.3 Å². The van der Waals surface area contributed by atoms with Gasteiger partial charge >= 0.3 is 0 Å². The molecule has 0 heterocycles. The number of carbonyl (C=O) groups excluding carboxylic acids is 1. The molecule has 0 amide bonds. The van der Waals surface area contributed by atoms with Crippen LogP contribution in [0.4, 0.5) is 0 Å². The number of rotatable bonds is 5. The van der Waals surface area contributed by atoms with Gasteiger partial charge in [-0.25, -0.2) is 0 Å². The quantitative estimate of drug-likeness (QED) is 0.554. The Morgan fingerprint density at radius 3 is 2.21 bits per heavy atom. The van der Waals surface area contributed by atoms with E-state index in [1.54, 1.807) is 24.3 Å². The molecule has 0 radical (unpaired) electrons. The summed E-state index contributed by atoms with van der Waals surface area (Å²) in [6.45, 7) is 7.24. The molecule has 0 aromatic heterocycles. The average Bonchev–Trinajstić information content (AvgIpc) is 2.48. The molecule has 0 aliphatic rings. The van der Waals surface area contributed by atoms with E-state index in [0.717, 1.165) is 0 Å². The van der Waals surface area contributed by atoms with Gasteiger partial charge in [0.2, 0.25) is 5.12 Å². The Kier molecular flexibility index (Phi) is 17.6. The molecular formula is C14H22Cl2O2S. The number of benzene rings is 1. The molecule has 2 nitrogen and oxygen atoms in total. The summed E-state index contributed by atoms with van der Waals surface area (Å²) in [5.41, 5.74) is 0.681. The van der Waals surface area contributed by atoms with Gasteiger partial charge in [-0.05, 0) is 31.2 Å². The van der Waals surface area contributed by atoms with Crippen LogP contribution in [-0.2, 0) is 4.74 Å². The smallest absolute Gasteiger partial charge is 0.219 e. The highest BCUT2D eigenvalue weighted by Crippen LogP contribution is 2.15. The van der Waals surface area contributed by atoms with Gasteiger partial charge in [-0.1, -0.05) is 37.2 Å². The average molecular weight is 325 g/mol. The molecule has 0 fully saturated rings. The first kappa shape index (κ1) is 21.1. The molecule has 5 heteroatoms. The predicted octanol–water partition coefficient (Wildman–Crippen LogP) is 5.13.